The standard InChI is InChI=1S/C28H34FN7OS/c1-16(2)24-18(4)32-23(15-35(5)7-6-29)34-26(24)36-8-9-37-25-17(3)10-19(11-21(25)14-36)20-12-22-27(31-13-20)38-28(30)33-22/h10-13,16H,6-9,14-15H2,1-5H3,(H2,30,33). The Morgan fingerprint density at radius 1 is 1.16 bits per heavy atom. The lowest BCUT2D eigenvalue weighted by Gasteiger charge is -2.27. The van der Waals surface area contributed by atoms with E-state index in [9.17, 15) is 4.39 Å². The molecular weight excluding hydrogens is 501 g/mol. The highest BCUT2D eigenvalue weighted by atomic mass is 32.1. The number of thiazole rings is 1. The largest absolute Gasteiger partial charge is 0.491 e. The highest BCUT2D eigenvalue weighted by Gasteiger charge is 2.25. The van der Waals surface area contributed by atoms with Crippen LogP contribution in [0.25, 0.3) is 21.5 Å². The molecule has 200 valence electrons. The molecule has 1 aliphatic rings. The van der Waals surface area contributed by atoms with E-state index in [1.165, 1.54) is 11.3 Å². The van der Waals surface area contributed by atoms with Crippen LogP contribution in [0.3, 0.4) is 0 Å². The Morgan fingerprint density at radius 2 is 1.97 bits per heavy atom. The molecule has 4 aromatic rings. The van der Waals surface area contributed by atoms with Crippen molar-refractivity contribution in [1.82, 2.24) is 24.8 Å². The summed E-state index contributed by atoms with van der Waals surface area (Å²) in [5.41, 5.74) is 13.0. The van der Waals surface area contributed by atoms with E-state index in [4.69, 9.17) is 20.4 Å². The summed E-state index contributed by atoms with van der Waals surface area (Å²) in [5, 5.41) is 0.517. The molecule has 0 aliphatic carbocycles. The van der Waals surface area contributed by atoms with Gasteiger partial charge in [-0.2, -0.15) is 0 Å². The van der Waals surface area contributed by atoms with Crippen LogP contribution in [0.5, 0.6) is 5.75 Å². The number of nitrogens with two attached hydrogens (primary N) is 1. The molecule has 0 amide bonds. The van der Waals surface area contributed by atoms with E-state index in [0.29, 0.717) is 43.7 Å². The van der Waals surface area contributed by atoms with Crippen LogP contribution >= 0.6 is 11.3 Å². The number of ether oxygens (including phenoxy) is 1. The first-order valence-corrected chi connectivity index (χ1v) is 13.7. The topological polar surface area (TPSA) is 93.3 Å². The first-order chi connectivity index (χ1) is 18.2. The maximum atomic E-state index is 12.9. The van der Waals surface area contributed by atoms with Crippen LogP contribution in [0, 0.1) is 13.8 Å². The third-order valence-electron chi connectivity index (χ3n) is 6.83. The van der Waals surface area contributed by atoms with E-state index in [1.54, 1.807) is 0 Å². The summed E-state index contributed by atoms with van der Waals surface area (Å²) < 4.78 is 19.2. The van der Waals surface area contributed by atoms with Crippen molar-refractivity contribution in [2.75, 3.05) is 44.1 Å². The fourth-order valence-electron chi connectivity index (χ4n) is 5.13. The van der Waals surface area contributed by atoms with Gasteiger partial charge in [-0.25, -0.2) is 24.3 Å². The van der Waals surface area contributed by atoms with Gasteiger partial charge in [-0.1, -0.05) is 25.2 Å². The van der Waals surface area contributed by atoms with Gasteiger partial charge >= 0.3 is 0 Å². The van der Waals surface area contributed by atoms with Crippen molar-refractivity contribution >= 4 is 32.6 Å². The van der Waals surface area contributed by atoms with Crippen LogP contribution < -0.4 is 15.4 Å². The van der Waals surface area contributed by atoms with Crippen molar-refractivity contribution in [1.29, 1.82) is 0 Å². The summed E-state index contributed by atoms with van der Waals surface area (Å²) in [7, 11) is 1.89. The first-order valence-electron chi connectivity index (χ1n) is 12.9. The van der Waals surface area contributed by atoms with Crippen molar-refractivity contribution in [2.24, 2.45) is 0 Å². The molecule has 5 rings (SSSR count). The van der Waals surface area contributed by atoms with Crippen molar-refractivity contribution in [2.45, 2.75) is 46.7 Å². The van der Waals surface area contributed by atoms with E-state index in [1.807, 2.05) is 31.1 Å². The number of hydrogen-bond donors (Lipinski definition) is 1. The number of rotatable bonds is 7. The van der Waals surface area contributed by atoms with Gasteiger partial charge in [0.25, 0.3) is 0 Å². The lowest BCUT2D eigenvalue weighted by atomic mass is 9.99. The molecule has 0 bridgehead atoms. The SMILES string of the molecule is Cc1cc(-c2cnc3sc(N)nc3c2)cc2c1OCCN(c1nc(CN(C)CCF)nc(C)c1C(C)C)C2. The Bertz CT molecular complexity index is 1470. The number of nitrogens with zero attached hydrogens (tertiary/aromatic N) is 6. The quantitative estimate of drug-likeness (QED) is 0.342. The fraction of sp³-hybridized carbons (Fsp3) is 0.429. The highest BCUT2D eigenvalue weighted by molar-refractivity contribution is 7.21. The molecule has 3 aromatic heterocycles. The Balaban J connectivity index is 1.54. The molecule has 1 aliphatic heterocycles. The lowest BCUT2D eigenvalue weighted by molar-refractivity contribution is 0.282. The highest BCUT2D eigenvalue weighted by Crippen LogP contribution is 2.37. The average Bonchev–Trinajstić information content (AvgIpc) is 3.08. The van der Waals surface area contributed by atoms with Crippen LogP contribution in [0.2, 0.25) is 0 Å². The predicted molar refractivity (Wildman–Crippen MR) is 152 cm³/mol. The van der Waals surface area contributed by atoms with Gasteiger partial charge in [0.2, 0.25) is 0 Å². The number of aromatic nitrogens is 4. The Labute approximate surface area is 226 Å². The monoisotopic (exact) mass is 535 g/mol. The number of nitrogen functional groups attached to an aromatic ring is 1. The summed E-state index contributed by atoms with van der Waals surface area (Å²) >= 11 is 1.39. The van der Waals surface area contributed by atoms with E-state index < -0.39 is 6.67 Å². The molecule has 4 heterocycles. The lowest BCUT2D eigenvalue weighted by Crippen LogP contribution is -2.29. The van der Waals surface area contributed by atoms with Gasteiger partial charge in [0.05, 0.1) is 13.1 Å². The van der Waals surface area contributed by atoms with Crippen LogP contribution in [0.1, 0.15) is 48.0 Å². The molecule has 0 unspecified atom stereocenters. The first kappa shape index (κ1) is 26.2. The third kappa shape index (κ3) is 5.28. The van der Waals surface area contributed by atoms with Crippen LogP contribution in [0.15, 0.2) is 24.4 Å². The number of anilines is 2. The molecule has 0 fully saturated rings. The van der Waals surface area contributed by atoms with E-state index in [2.05, 4.69) is 47.8 Å². The fourth-order valence-corrected chi connectivity index (χ4v) is 5.79. The number of hydrogen-bond acceptors (Lipinski definition) is 9. The van der Waals surface area contributed by atoms with Crippen molar-refractivity contribution < 1.29 is 9.13 Å². The minimum absolute atomic E-state index is 0.252. The number of fused-ring (bicyclic) bond motifs is 2. The normalized spacial score (nSPS) is 13.7. The molecule has 0 saturated heterocycles. The van der Waals surface area contributed by atoms with Gasteiger partial charge in [-0.05, 0) is 56.1 Å². The summed E-state index contributed by atoms with van der Waals surface area (Å²) in [4.78, 5) is 23.8. The number of halogens is 1. The minimum atomic E-state index is -0.396. The molecule has 0 spiro atoms. The van der Waals surface area contributed by atoms with Gasteiger partial charge in [-0.3, -0.25) is 4.90 Å². The average molecular weight is 536 g/mol. The summed E-state index contributed by atoms with van der Waals surface area (Å²) in [6.45, 7) is 10.8. The van der Waals surface area contributed by atoms with E-state index >= 15 is 0 Å². The summed E-state index contributed by atoms with van der Waals surface area (Å²) in [5.74, 6) is 2.80. The van der Waals surface area contributed by atoms with Gasteiger partial charge in [-0.15, -0.1) is 0 Å². The van der Waals surface area contributed by atoms with Crippen LogP contribution in [0.4, 0.5) is 15.3 Å². The molecule has 1 aromatic carbocycles. The van der Waals surface area contributed by atoms with E-state index in [-0.39, 0.29) is 5.92 Å². The van der Waals surface area contributed by atoms with E-state index in [0.717, 1.165) is 55.4 Å². The van der Waals surface area contributed by atoms with Gasteiger partial charge in [0.15, 0.2) is 5.13 Å². The van der Waals surface area contributed by atoms with Gasteiger partial charge in [0, 0.05) is 41.7 Å². The zero-order chi connectivity index (χ0) is 27.0. The molecule has 10 heteroatoms. The molecule has 0 atom stereocenters. The number of aryl methyl sites for hydroxylation is 2. The second-order valence-electron chi connectivity index (χ2n) is 10.2. The maximum Gasteiger partial charge on any atom is 0.182 e. The zero-order valence-corrected chi connectivity index (χ0v) is 23.4. The third-order valence-corrected chi connectivity index (χ3v) is 7.64. The summed E-state index contributed by atoms with van der Waals surface area (Å²) in [6.07, 6.45) is 1.88. The Morgan fingerprint density at radius 3 is 2.74 bits per heavy atom. The smallest absolute Gasteiger partial charge is 0.182 e. The molecule has 0 saturated carbocycles. The van der Waals surface area contributed by atoms with Crippen molar-refractivity contribution in [3.05, 3.63) is 52.6 Å². The molecule has 38 heavy (non-hydrogen) atoms. The number of benzene rings is 1. The number of alkyl halides is 1. The molecular formula is C28H34FN7OS. The van der Waals surface area contributed by atoms with Crippen molar-refractivity contribution in [3.8, 4) is 16.9 Å². The maximum absolute atomic E-state index is 12.9. The van der Waals surface area contributed by atoms with Crippen LogP contribution in [-0.4, -0.2) is 58.3 Å². The zero-order valence-electron chi connectivity index (χ0n) is 22.6. The van der Waals surface area contributed by atoms with Crippen molar-refractivity contribution in [3.63, 3.8) is 0 Å². The second-order valence-corrected chi connectivity index (χ2v) is 11.2. The molecule has 2 N–H and O–H groups in total. The molecule has 8 nitrogen and oxygen atoms in total. The second kappa shape index (κ2) is 10.8. The van der Waals surface area contributed by atoms with Gasteiger partial charge in [0.1, 0.15) is 41.0 Å². The van der Waals surface area contributed by atoms with Crippen LogP contribution in [-0.2, 0) is 13.1 Å². The minimum Gasteiger partial charge on any atom is -0.491 e. The van der Waals surface area contributed by atoms with Gasteiger partial charge < -0.3 is 15.4 Å². The predicted octanol–water partition coefficient (Wildman–Crippen LogP) is 5.27. The Kier molecular flexibility index (Phi) is 7.45. The number of pyridine rings is 1. The molecule has 0 radical (unpaired) electrons. The Hall–Kier alpha value is -3.37. The summed E-state index contributed by atoms with van der Waals surface area (Å²) in [6, 6.07) is 6.36.